The van der Waals surface area contributed by atoms with Crippen LogP contribution in [0.2, 0.25) is 10.0 Å². The first-order valence-corrected chi connectivity index (χ1v) is 6.57. The van der Waals surface area contributed by atoms with Crippen LogP contribution in [0.4, 0.5) is 5.00 Å². The van der Waals surface area contributed by atoms with Crippen LogP contribution >= 0.6 is 34.5 Å². The predicted octanol–water partition coefficient (Wildman–Crippen LogP) is 3.50. The molecule has 0 atom stereocenters. The quantitative estimate of drug-likeness (QED) is 0.671. The number of thiazole rings is 1. The van der Waals surface area contributed by atoms with Gasteiger partial charge in [-0.15, -0.1) is 0 Å². The number of nitrogens with one attached hydrogen (secondary N) is 2. The van der Waals surface area contributed by atoms with E-state index >= 15 is 0 Å². The summed E-state index contributed by atoms with van der Waals surface area (Å²) >= 11 is 13.4. The highest BCUT2D eigenvalue weighted by Crippen LogP contribution is 2.36. The maximum absolute atomic E-state index is 10.2. The highest BCUT2D eigenvalue weighted by Gasteiger charge is 2.12. The average Bonchev–Trinajstić information content (AvgIpc) is 2.68. The molecular weight excluding hydrogens is 293 g/mol. The number of halogens is 2. The van der Waals surface area contributed by atoms with Gasteiger partial charge in [-0.3, -0.25) is 15.6 Å². The molecule has 4 nitrogen and oxygen atoms in total. The van der Waals surface area contributed by atoms with E-state index in [-0.39, 0.29) is 0 Å². The van der Waals surface area contributed by atoms with Crippen LogP contribution in [0, 0.1) is 6.92 Å². The predicted molar refractivity (Wildman–Crippen MR) is 75.1 cm³/mol. The molecule has 0 fully saturated rings. The Labute approximate surface area is 118 Å². The Hall–Kier alpha value is -1.30. The molecule has 0 aliphatic heterocycles. The van der Waals surface area contributed by atoms with E-state index in [0.717, 1.165) is 21.3 Å². The Bertz CT molecular complexity index is 586. The molecule has 1 aromatic heterocycles. The summed E-state index contributed by atoms with van der Waals surface area (Å²) in [5.74, 6) is 0. The number of benzene rings is 1. The summed E-state index contributed by atoms with van der Waals surface area (Å²) in [4.78, 5) is 14.6. The van der Waals surface area contributed by atoms with Gasteiger partial charge in [0.1, 0.15) is 10.0 Å². The Morgan fingerprint density at radius 2 is 2.17 bits per heavy atom. The molecule has 2 rings (SSSR count). The first kappa shape index (κ1) is 13.1. The Kier molecular flexibility index (Phi) is 4.06. The Morgan fingerprint density at radius 3 is 2.83 bits per heavy atom. The van der Waals surface area contributed by atoms with Crippen molar-refractivity contribution in [2.45, 2.75) is 6.92 Å². The summed E-state index contributed by atoms with van der Waals surface area (Å²) in [6, 6.07) is 5.25. The fourth-order valence-electron chi connectivity index (χ4n) is 1.39. The van der Waals surface area contributed by atoms with Gasteiger partial charge >= 0.3 is 0 Å². The molecular formula is C11H9Cl2N3OS. The summed E-state index contributed by atoms with van der Waals surface area (Å²) in [7, 11) is 0. The van der Waals surface area contributed by atoms with Gasteiger partial charge < -0.3 is 0 Å². The molecule has 0 radical (unpaired) electrons. The summed E-state index contributed by atoms with van der Waals surface area (Å²) in [6.45, 7) is 1.85. The normalized spacial score (nSPS) is 10.2. The minimum Gasteiger partial charge on any atom is -0.288 e. The molecule has 7 heteroatoms. The minimum atomic E-state index is 0.547. The number of hydrazine groups is 1. The van der Waals surface area contributed by atoms with Crippen LogP contribution in [0.1, 0.15) is 5.69 Å². The van der Waals surface area contributed by atoms with Crippen LogP contribution in [0.5, 0.6) is 0 Å². The van der Waals surface area contributed by atoms with E-state index in [1.54, 1.807) is 12.1 Å². The van der Waals surface area contributed by atoms with Crippen molar-refractivity contribution < 1.29 is 4.79 Å². The standard InChI is InChI=1S/C11H9Cl2N3OS/c1-6-10(16-14-5-17)18-11(15-6)8-3-2-7(12)4-9(8)13/h2-5,16H,1H3,(H,14,17). The van der Waals surface area contributed by atoms with Gasteiger partial charge in [0.2, 0.25) is 6.41 Å². The number of anilines is 1. The van der Waals surface area contributed by atoms with E-state index in [1.165, 1.54) is 11.3 Å². The first-order chi connectivity index (χ1) is 8.61. The molecule has 1 amide bonds. The number of carbonyl (C=O) groups excluding carboxylic acids is 1. The number of aryl methyl sites for hydroxylation is 1. The molecule has 18 heavy (non-hydrogen) atoms. The number of hydrogen-bond donors (Lipinski definition) is 2. The molecule has 0 spiro atoms. The Morgan fingerprint density at radius 1 is 1.39 bits per heavy atom. The lowest BCUT2D eigenvalue weighted by atomic mass is 10.2. The molecule has 1 heterocycles. The minimum absolute atomic E-state index is 0.547. The molecule has 0 saturated heterocycles. The third-order valence-corrected chi connectivity index (χ3v) is 3.86. The summed E-state index contributed by atoms with van der Waals surface area (Å²) < 4.78 is 0. The maximum atomic E-state index is 10.2. The zero-order valence-corrected chi connectivity index (χ0v) is 11.7. The number of hydrogen-bond acceptors (Lipinski definition) is 4. The third-order valence-electron chi connectivity index (χ3n) is 2.20. The van der Waals surface area contributed by atoms with E-state index < -0.39 is 0 Å². The van der Waals surface area contributed by atoms with Gasteiger partial charge in [0.05, 0.1) is 10.7 Å². The van der Waals surface area contributed by atoms with Gasteiger partial charge in [-0.25, -0.2) is 4.98 Å². The summed E-state index contributed by atoms with van der Waals surface area (Å²) in [6.07, 6.45) is 0.564. The lowest BCUT2D eigenvalue weighted by Crippen LogP contribution is -2.18. The van der Waals surface area contributed by atoms with Gasteiger partial charge in [-0.05, 0) is 25.1 Å². The van der Waals surface area contributed by atoms with Crippen LogP contribution < -0.4 is 10.9 Å². The maximum Gasteiger partial charge on any atom is 0.225 e. The first-order valence-electron chi connectivity index (χ1n) is 5.00. The van der Waals surface area contributed by atoms with Crippen LogP contribution in [-0.2, 0) is 4.79 Å². The topological polar surface area (TPSA) is 54.0 Å². The van der Waals surface area contributed by atoms with Crippen LogP contribution in [0.25, 0.3) is 10.6 Å². The highest BCUT2D eigenvalue weighted by molar-refractivity contribution is 7.19. The number of aromatic nitrogens is 1. The number of rotatable bonds is 4. The van der Waals surface area contributed by atoms with E-state index in [4.69, 9.17) is 23.2 Å². The van der Waals surface area contributed by atoms with Crippen LogP contribution in [0.3, 0.4) is 0 Å². The molecule has 0 aliphatic carbocycles. The van der Waals surface area contributed by atoms with Gasteiger partial charge in [0, 0.05) is 10.6 Å². The van der Waals surface area contributed by atoms with Crippen molar-refractivity contribution in [3.63, 3.8) is 0 Å². The average molecular weight is 302 g/mol. The van der Waals surface area contributed by atoms with Crippen molar-refractivity contribution in [2.75, 3.05) is 5.43 Å². The van der Waals surface area contributed by atoms with Gasteiger partial charge in [-0.1, -0.05) is 34.5 Å². The van der Waals surface area contributed by atoms with Crippen molar-refractivity contribution in [3.05, 3.63) is 33.9 Å². The second-order valence-corrected chi connectivity index (χ2v) is 5.29. The van der Waals surface area contributed by atoms with Crippen molar-refractivity contribution in [2.24, 2.45) is 0 Å². The van der Waals surface area contributed by atoms with Crippen LogP contribution in [-0.4, -0.2) is 11.4 Å². The second-order valence-electron chi connectivity index (χ2n) is 3.44. The molecule has 0 bridgehead atoms. The van der Waals surface area contributed by atoms with E-state index in [9.17, 15) is 4.79 Å². The van der Waals surface area contributed by atoms with Crippen LogP contribution in [0.15, 0.2) is 18.2 Å². The zero-order chi connectivity index (χ0) is 13.1. The van der Waals surface area contributed by atoms with Crippen molar-refractivity contribution in [3.8, 4) is 10.6 Å². The molecule has 1 aromatic carbocycles. The fourth-order valence-corrected chi connectivity index (χ4v) is 2.91. The molecule has 0 unspecified atom stereocenters. The highest BCUT2D eigenvalue weighted by atomic mass is 35.5. The molecule has 0 aliphatic rings. The van der Waals surface area contributed by atoms with Gasteiger partial charge in [0.25, 0.3) is 0 Å². The monoisotopic (exact) mass is 301 g/mol. The summed E-state index contributed by atoms with van der Waals surface area (Å²) in [5.41, 5.74) is 6.73. The van der Waals surface area contributed by atoms with Gasteiger partial charge in [0.15, 0.2) is 0 Å². The third kappa shape index (κ3) is 2.75. The largest absolute Gasteiger partial charge is 0.288 e. The van der Waals surface area contributed by atoms with E-state index in [2.05, 4.69) is 15.8 Å². The molecule has 2 N–H and O–H groups in total. The molecule has 94 valence electrons. The second kappa shape index (κ2) is 5.56. The van der Waals surface area contributed by atoms with Crippen molar-refractivity contribution in [1.82, 2.24) is 10.4 Å². The molecule has 0 saturated carbocycles. The number of carbonyl (C=O) groups is 1. The zero-order valence-electron chi connectivity index (χ0n) is 9.33. The number of amides is 1. The van der Waals surface area contributed by atoms with E-state index in [1.807, 2.05) is 13.0 Å². The lowest BCUT2D eigenvalue weighted by molar-refractivity contribution is -0.109. The fraction of sp³-hybridized carbons (Fsp3) is 0.0909. The Balaban J connectivity index is 2.36. The van der Waals surface area contributed by atoms with Crippen molar-refractivity contribution >= 4 is 45.9 Å². The smallest absolute Gasteiger partial charge is 0.225 e. The summed E-state index contributed by atoms with van der Waals surface area (Å²) in [5, 5.41) is 2.66. The lowest BCUT2D eigenvalue weighted by Gasteiger charge is -2.00. The van der Waals surface area contributed by atoms with Gasteiger partial charge in [-0.2, -0.15) is 0 Å². The molecule has 2 aromatic rings. The number of nitrogens with zero attached hydrogens (tertiary/aromatic N) is 1. The van der Waals surface area contributed by atoms with E-state index in [0.29, 0.717) is 16.5 Å². The van der Waals surface area contributed by atoms with Crippen molar-refractivity contribution in [1.29, 1.82) is 0 Å². The SMILES string of the molecule is Cc1nc(-c2ccc(Cl)cc2Cl)sc1NNC=O.